The normalized spacial score (nSPS) is 9.90. The third kappa shape index (κ3) is 1.52. The van der Waals surface area contributed by atoms with Crippen molar-refractivity contribution in [1.29, 1.82) is 0 Å². The smallest absolute Gasteiger partial charge is 0.150 e. The molecule has 0 bridgehead atoms. The lowest BCUT2D eigenvalue weighted by Gasteiger charge is -1.99. The molecule has 0 radical (unpaired) electrons. The van der Waals surface area contributed by atoms with Gasteiger partial charge >= 0.3 is 0 Å². The molecule has 1 rings (SSSR count). The van der Waals surface area contributed by atoms with E-state index < -0.39 is 0 Å². The first-order valence-electron chi connectivity index (χ1n) is 2.63. The Balaban J connectivity index is 3.31. The molecule has 0 saturated carbocycles. The predicted octanol–water partition coefficient (Wildman–Crippen LogP) is 2.35. The molecule has 0 spiro atoms. The summed E-state index contributed by atoms with van der Waals surface area (Å²) in [6.07, 6.45) is 0. The van der Waals surface area contributed by atoms with Crippen molar-refractivity contribution < 1.29 is 5.11 Å². The van der Waals surface area contributed by atoms with Crippen molar-refractivity contribution >= 4 is 34.2 Å². The van der Waals surface area contributed by atoms with Gasteiger partial charge in [0.25, 0.3) is 0 Å². The van der Waals surface area contributed by atoms with Gasteiger partial charge in [0.15, 0.2) is 0 Å². The zero-order valence-corrected chi connectivity index (χ0v) is 8.14. The van der Waals surface area contributed by atoms with E-state index in [1.165, 1.54) is 0 Å². The molecule has 2 nitrogen and oxygen atoms in total. The van der Waals surface area contributed by atoms with E-state index in [2.05, 4.69) is 4.98 Å². The number of aromatic nitrogens is 1. The number of pyridine rings is 1. The van der Waals surface area contributed by atoms with Crippen molar-refractivity contribution in [2.45, 2.75) is 6.92 Å². The standard InChI is InChI=1S/C6H5ClINO/c1-3-6(10)4(8)2-5(7)9-3/h2,10H,1H3. The van der Waals surface area contributed by atoms with Crippen LogP contribution in [0.5, 0.6) is 5.75 Å². The van der Waals surface area contributed by atoms with Gasteiger partial charge in [-0.3, -0.25) is 0 Å². The number of rotatable bonds is 0. The first-order valence-corrected chi connectivity index (χ1v) is 4.08. The van der Waals surface area contributed by atoms with Gasteiger partial charge in [-0.05, 0) is 35.6 Å². The van der Waals surface area contributed by atoms with Crippen molar-refractivity contribution in [3.8, 4) is 5.75 Å². The predicted molar refractivity (Wildman–Crippen MR) is 48.4 cm³/mol. The van der Waals surface area contributed by atoms with Crippen molar-refractivity contribution in [3.05, 3.63) is 20.5 Å². The second-order valence-electron chi connectivity index (χ2n) is 1.86. The zero-order valence-electron chi connectivity index (χ0n) is 5.23. The molecule has 0 atom stereocenters. The molecule has 0 saturated heterocycles. The molecule has 0 aliphatic rings. The second kappa shape index (κ2) is 2.92. The highest BCUT2D eigenvalue weighted by Gasteiger charge is 2.03. The van der Waals surface area contributed by atoms with Gasteiger partial charge in [0, 0.05) is 0 Å². The van der Waals surface area contributed by atoms with Gasteiger partial charge in [-0.15, -0.1) is 0 Å². The molecule has 54 valence electrons. The third-order valence-electron chi connectivity index (χ3n) is 1.09. The van der Waals surface area contributed by atoms with E-state index in [4.69, 9.17) is 11.6 Å². The van der Waals surface area contributed by atoms with Crippen LogP contribution in [0.1, 0.15) is 5.69 Å². The Labute approximate surface area is 77.4 Å². The molecule has 0 unspecified atom stereocenters. The fourth-order valence-corrected chi connectivity index (χ4v) is 1.70. The Morgan fingerprint density at radius 2 is 2.30 bits per heavy atom. The van der Waals surface area contributed by atoms with E-state index in [1.54, 1.807) is 13.0 Å². The van der Waals surface area contributed by atoms with Crippen LogP contribution in [0.2, 0.25) is 5.15 Å². The van der Waals surface area contributed by atoms with Crippen LogP contribution in [-0.2, 0) is 0 Å². The van der Waals surface area contributed by atoms with Crippen molar-refractivity contribution in [1.82, 2.24) is 4.98 Å². The first kappa shape index (κ1) is 8.07. The van der Waals surface area contributed by atoms with Crippen LogP contribution in [0.15, 0.2) is 6.07 Å². The van der Waals surface area contributed by atoms with Crippen molar-refractivity contribution in [2.24, 2.45) is 0 Å². The lowest BCUT2D eigenvalue weighted by Crippen LogP contribution is -1.85. The van der Waals surface area contributed by atoms with Gasteiger partial charge in [0.1, 0.15) is 10.9 Å². The Bertz CT molecular complexity index is 241. The van der Waals surface area contributed by atoms with E-state index in [9.17, 15) is 5.11 Å². The molecule has 0 fully saturated rings. The minimum atomic E-state index is 0.213. The van der Waals surface area contributed by atoms with E-state index in [0.29, 0.717) is 10.8 Å². The zero-order chi connectivity index (χ0) is 7.72. The van der Waals surface area contributed by atoms with Crippen molar-refractivity contribution in [2.75, 3.05) is 0 Å². The number of nitrogens with zero attached hydrogens (tertiary/aromatic N) is 1. The SMILES string of the molecule is Cc1nc(Cl)cc(I)c1O. The monoisotopic (exact) mass is 269 g/mol. The number of aryl methyl sites for hydroxylation is 1. The Morgan fingerprint density at radius 3 is 2.80 bits per heavy atom. The first-order chi connectivity index (χ1) is 4.61. The highest BCUT2D eigenvalue weighted by molar-refractivity contribution is 14.1. The average Bonchev–Trinajstić information content (AvgIpc) is 1.82. The molecule has 1 N–H and O–H groups in total. The summed E-state index contributed by atoms with van der Waals surface area (Å²) in [4.78, 5) is 3.84. The van der Waals surface area contributed by atoms with Gasteiger partial charge in [-0.1, -0.05) is 11.6 Å². The summed E-state index contributed by atoms with van der Waals surface area (Å²) in [6.45, 7) is 1.71. The van der Waals surface area contributed by atoms with Crippen LogP contribution < -0.4 is 0 Å². The topological polar surface area (TPSA) is 33.1 Å². The molecule has 0 aromatic carbocycles. The van der Waals surface area contributed by atoms with Crippen LogP contribution in [0.4, 0.5) is 0 Å². The van der Waals surface area contributed by atoms with Crippen molar-refractivity contribution in [3.63, 3.8) is 0 Å². The Hall–Kier alpha value is -0.0300. The van der Waals surface area contributed by atoms with Gasteiger partial charge in [-0.25, -0.2) is 4.98 Å². The van der Waals surface area contributed by atoms with Crippen LogP contribution >= 0.6 is 34.2 Å². The Kier molecular flexibility index (Phi) is 2.36. The van der Waals surface area contributed by atoms with Crippen LogP contribution in [0.25, 0.3) is 0 Å². The summed E-state index contributed by atoms with van der Waals surface area (Å²) in [7, 11) is 0. The number of halogens is 2. The number of hydrogen-bond donors (Lipinski definition) is 1. The molecule has 0 aliphatic carbocycles. The molecular weight excluding hydrogens is 264 g/mol. The van der Waals surface area contributed by atoms with Crippen LogP contribution in [0.3, 0.4) is 0 Å². The van der Waals surface area contributed by atoms with Gasteiger partial charge in [-0.2, -0.15) is 0 Å². The molecule has 0 amide bonds. The maximum Gasteiger partial charge on any atom is 0.150 e. The third-order valence-corrected chi connectivity index (χ3v) is 2.11. The highest BCUT2D eigenvalue weighted by atomic mass is 127. The molecule has 10 heavy (non-hydrogen) atoms. The largest absolute Gasteiger partial charge is 0.505 e. The number of aromatic hydroxyl groups is 1. The highest BCUT2D eigenvalue weighted by Crippen LogP contribution is 2.24. The second-order valence-corrected chi connectivity index (χ2v) is 3.41. The average molecular weight is 269 g/mol. The fourth-order valence-electron chi connectivity index (χ4n) is 0.591. The van der Waals surface area contributed by atoms with Gasteiger partial charge in [0.05, 0.1) is 9.26 Å². The van der Waals surface area contributed by atoms with Crippen LogP contribution in [-0.4, -0.2) is 10.1 Å². The molecule has 1 heterocycles. The van der Waals surface area contributed by atoms with E-state index >= 15 is 0 Å². The summed E-state index contributed by atoms with van der Waals surface area (Å²) in [6, 6.07) is 1.62. The molecule has 0 aliphatic heterocycles. The van der Waals surface area contributed by atoms with Gasteiger partial charge < -0.3 is 5.11 Å². The molecule has 1 aromatic rings. The maximum atomic E-state index is 9.20. The minimum absolute atomic E-state index is 0.213. The number of hydrogen-bond acceptors (Lipinski definition) is 2. The lowest BCUT2D eigenvalue weighted by atomic mass is 10.3. The maximum absolute atomic E-state index is 9.20. The van der Waals surface area contributed by atoms with E-state index in [0.717, 1.165) is 3.57 Å². The van der Waals surface area contributed by atoms with E-state index in [1.807, 2.05) is 22.6 Å². The van der Waals surface area contributed by atoms with E-state index in [-0.39, 0.29) is 5.75 Å². The summed E-state index contributed by atoms with van der Waals surface area (Å²) in [5.74, 6) is 0.213. The summed E-state index contributed by atoms with van der Waals surface area (Å²) >= 11 is 7.60. The molecule has 1 aromatic heterocycles. The summed E-state index contributed by atoms with van der Waals surface area (Å²) < 4.78 is 0.732. The fraction of sp³-hybridized carbons (Fsp3) is 0.167. The minimum Gasteiger partial charge on any atom is -0.505 e. The quantitative estimate of drug-likeness (QED) is 0.579. The lowest BCUT2D eigenvalue weighted by molar-refractivity contribution is 0.463. The summed E-state index contributed by atoms with van der Waals surface area (Å²) in [5.41, 5.74) is 0.567. The van der Waals surface area contributed by atoms with Gasteiger partial charge in [0.2, 0.25) is 0 Å². The Morgan fingerprint density at radius 1 is 1.70 bits per heavy atom. The molecular formula is C6H5ClINO. The summed E-state index contributed by atoms with van der Waals surface area (Å²) in [5, 5.41) is 9.62. The van der Waals surface area contributed by atoms with Crippen LogP contribution in [0, 0.1) is 10.5 Å². The molecule has 4 heteroatoms.